The van der Waals surface area contributed by atoms with E-state index in [0.717, 1.165) is 8.47 Å². The molecule has 1 heterocycles. The summed E-state index contributed by atoms with van der Waals surface area (Å²) in [6.07, 6.45) is 0. The van der Waals surface area contributed by atoms with Gasteiger partial charge in [0, 0.05) is 9.13 Å². The van der Waals surface area contributed by atoms with Gasteiger partial charge in [-0.15, -0.1) is 0 Å². The number of benzene rings is 3. The first kappa shape index (κ1) is 18.6. The fraction of sp³-hybridized carbons (Fsp3) is 0. The Bertz CT molecular complexity index is 1110. The molecule has 0 saturated carbocycles. The van der Waals surface area contributed by atoms with Crippen LogP contribution in [0.25, 0.3) is 0 Å². The molecule has 0 saturated heterocycles. The van der Waals surface area contributed by atoms with Crippen molar-refractivity contribution in [2.45, 2.75) is 0 Å². The van der Waals surface area contributed by atoms with E-state index in [4.69, 9.17) is 11.6 Å². The molecule has 0 atom stereocenters. The molecule has 3 aromatic carbocycles. The summed E-state index contributed by atoms with van der Waals surface area (Å²) >= 11 is 8.44. The van der Waals surface area contributed by atoms with Gasteiger partial charge in [-0.2, -0.15) is 0 Å². The van der Waals surface area contributed by atoms with Crippen LogP contribution >= 0.6 is 34.2 Å². The second-order valence-corrected chi connectivity index (χ2v) is 7.77. The van der Waals surface area contributed by atoms with Crippen molar-refractivity contribution in [2.24, 2.45) is 0 Å². The highest BCUT2D eigenvalue weighted by molar-refractivity contribution is 14.1. The number of imide groups is 1. The van der Waals surface area contributed by atoms with E-state index in [1.807, 2.05) is 6.07 Å². The molecule has 4 rings (SSSR count). The van der Waals surface area contributed by atoms with Gasteiger partial charge < -0.3 is 5.32 Å². The molecule has 1 aliphatic rings. The summed E-state index contributed by atoms with van der Waals surface area (Å²) in [5.41, 5.74) is 1.97. The maximum atomic E-state index is 12.6. The summed E-state index contributed by atoms with van der Waals surface area (Å²) in [5, 5.41) is 2.98. The first-order chi connectivity index (χ1) is 13.5. The van der Waals surface area contributed by atoms with Gasteiger partial charge in [0.15, 0.2) is 0 Å². The molecule has 0 fully saturated rings. The number of fused-ring (bicyclic) bond motifs is 1. The van der Waals surface area contributed by atoms with Crippen molar-refractivity contribution >= 4 is 63.3 Å². The topological polar surface area (TPSA) is 66.5 Å². The van der Waals surface area contributed by atoms with Crippen molar-refractivity contribution < 1.29 is 14.4 Å². The maximum Gasteiger partial charge on any atom is 0.266 e. The minimum Gasteiger partial charge on any atom is -0.321 e. The van der Waals surface area contributed by atoms with Crippen LogP contribution < -0.4 is 10.2 Å². The van der Waals surface area contributed by atoms with Gasteiger partial charge in [-0.1, -0.05) is 29.8 Å². The van der Waals surface area contributed by atoms with Crippen molar-refractivity contribution in [2.75, 3.05) is 10.2 Å². The Morgan fingerprint density at radius 3 is 2.18 bits per heavy atom. The molecule has 7 heteroatoms. The number of nitrogens with zero attached hydrogens (tertiary/aromatic N) is 1. The molecule has 28 heavy (non-hydrogen) atoms. The molecular formula is C21H12ClIN2O3. The van der Waals surface area contributed by atoms with Crippen molar-refractivity contribution in [1.82, 2.24) is 0 Å². The number of hydrogen-bond donors (Lipinski definition) is 1. The van der Waals surface area contributed by atoms with E-state index in [9.17, 15) is 14.4 Å². The average Bonchev–Trinajstić information content (AvgIpc) is 2.94. The summed E-state index contributed by atoms with van der Waals surface area (Å²) in [6, 6.07) is 18.5. The van der Waals surface area contributed by atoms with E-state index in [-0.39, 0.29) is 10.9 Å². The molecule has 0 radical (unpaired) electrons. The Labute approximate surface area is 179 Å². The number of carbonyl (C=O) groups excluding carboxylic acids is 3. The van der Waals surface area contributed by atoms with Crippen molar-refractivity contribution in [3.8, 4) is 0 Å². The van der Waals surface area contributed by atoms with Crippen molar-refractivity contribution in [1.29, 1.82) is 0 Å². The molecule has 1 N–H and O–H groups in total. The Hall–Kier alpha value is -2.71. The molecule has 0 unspecified atom stereocenters. The fourth-order valence-corrected chi connectivity index (χ4v) is 3.76. The predicted molar refractivity (Wildman–Crippen MR) is 116 cm³/mol. The highest BCUT2D eigenvalue weighted by atomic mass is 127. The third-order valence-electron chi connectivity index (χ3n) is 4.34. The van der Waals surface area contributed by atoms with Gasteiger partial charge >= 0.3 is 0 Å². The normalized spacial score (nSPS) is 12.9. The van der Waals surface area contributed by atoms with E-state index < -0.39 is 11.8 Å². The Balaban J connectivity index is 1.60. The lowest BCUT2D eigenvalue weighted by atomic mass is 10.1. The lowest BCUT2D eigenvalue weighted by molar-refractivity contribution is 0.0924. The second-order valence-electron chi connectivity index (χ2n) is 6.12. The van der Waals surface area contributed by atoms with Gasteiger partial charge in [-0.25, -0.2) is 4.90 Å². The highest BCUT2D eigenvalue weighted by Gasteiger charge is 2.36. The Kier molecular flexibility index (Phi) is 4.91. The third-order valence-corrected chi connectivity index (χ3v) is 5.32. The minimum absolute atomic E-state index is 0.230. The van der Waals surface area contributed by atoms with Gasteiger partial charge in [0.05, 0.1) is 27.5 Å². The number of carbonyl (C=O) groups is 3. The summed E-state index contributed by atoms with van der Waals surface area (Å²) in [5.74, 6) is -1.09. The molecule has 1 aliphatic heterocycles. The van der Waals surface area contributed by atoms with Gasteiger partial charge in [0.25, 0.3) is 17.7 Å². The van der Waals surface area contributed by atoms with Crippen LogP contribution in [0.3, 0.4) is 0 Å². The molecule has 0 spiro atoms. The summed E-state index contributed by atoms with van der Waals surface area (Å²) in [6.45, 7) is 0. The van der Waals surface area contributed by atoms with Gasteiger partial charge in [0.2, 0.25) is 0 Å². The van der Waals surface area contributed by atoms with Gasteiger partial charge in [-0.3, -0.25) is 14.4 Å². The SMILES string of the molecule is O=C(Nc1ccc(N2C(=O)c3ccccc3C2=O)cc1Cl)c1cccc(I)c1. The molecule has 138 valence electrons. The first-order valence-corrected chi connectivity index (χ1v) is 9.75. The van der Waals surface area contributed by atoms with E-state index in [1.165, 1.54) is 6.07 Å². The molecule has 3 amide bonds. The van der Waals surface area contributed by atoms with Crippen LogP contribution in [-0.2, 0) is 0 Å². The quantitative estimate of drug-likeness (QED) is 0.405. The predicted octanol–water partition coefficient (Wildman–Crippen LogP) is 5.00. The standard InChI is InChI=1S/C21H12ClIN2O3/c22-17-11-14(25-20(27)15-6-1-2-7-16(15)21(25)28)8-9-18(17)24-19(26)12-4-3-5-13(23)10-12/h1-11H,(H,24,26). The maximum absolute atomic E-state index is 12.6. The van der Waals surface area contributed by atoms with Crippen molar-refractivity contribution in [3.63, 3.8) is 0 Å². The molecule has 0 bridgehead atoms. The first-order valence-electron chi connectivity index (χ1n) is 8.30. The Morgan fingerprint density at radius 1 is 0.893 bits per heavy atom. The number of halogens is 2. The monoisotopic (exact) mass is 502 g/mol. The second kappa shape index (κ2) is 7.37. The number of anilines is 2. The summed E-state index contributed by atoms with van der Waals surface area (Å²) in [7, 11) is 0. The largest absolute Gasteiger partial charge is 0.321 e. The molecule has 0 aliphatic carbocycles. The number of hydrogen-bond acceptors (Lipinski definition) is 3. The zero-order chi connectivity index (χ0) is 19.8. The van der Waals surface area contributed by atoms with E-state index in [2.05, 4.69) is 27.9 Å². The van der Waals surface area contributed by atoms with Crippen LogP contribution in [-0.4, -0.2) is 17.7 Å². The highest BCUT2D eigenvalue weighted by Crippen LogP contribution is 2.33. The zero-order valence-corrected chi connectivity index (χ0v) is 17.2. The fourth-order valence-electron chi connectivity index (χ4n) is 2.99. The molecule has 5 nitrogen and oxygen atoms in total. The molecule has 0 aromatic heterocycles. The Morgan fingerprint density at radius 2 is 1.57 bits per heavy atom. The average molecular weight is 503 g/mol. The zero-order valence-electron chi connectivity index (χ0n) is 14.3. The van der Waals surface area contributed by atoms with E-state index in [0.29, 0.717) is 28.1 Å². The van der Waals surface area contributed by atoms with Crippen LogP contribution in [0.2, 0.25) is 5.02 Å². The lowest BCUT2D eigenvalue weighted by Crippen LogP contribution is -2.29. The lowest BCUT2D eigenvalue weighted by Gasteiger charge is -2.16. The number of rotatable bonds is 3. The van der Waals surface area contributed by atoms with Crippen LogP contribution in [0.15, 0.2) is 66.7 Å². The summed E-state index contributed by atoms with van der Waals surface area (Å²) in [4.78, 5) is 38.7. The smallest absolute Gasteiger partial charge is 0.266 e. The van der Waals surface area contributed by atoms with Crippen LogP contribution in [0.4, 0.5) is 11.4 Å². The number of nitrogens with one attached hydrogen (secondary N) is 1. The van der Waals surface area contributed by atoms with Crippen LogP contribution in [0.1, 0.15) is 31.1 Å². The molecular weight excluding hydrogens is 491 g/mol. The number of amides is 3. The van der Waals surface area contributed by atoms with E-state index >= 15 is 0 Å². The van der Waals surface area contributed by atoms with Crippen molar-refractivity contribution in [3.05, 3.63) is 92.0 Å². The van der Waals surface area contributed by atoms with Crippen LogP contribution in [0.5, 0.6) is 0 Å². The minimum atomic E-state index is -0.396. The van der Waals surface area contributed by atoms with Crippen LogP contribution in [0, 0.1) is 3.57 Å². The third kappa shape index (κ3) is 3.29. The van der Waals surface area contributed by atoms with Gasteiger partial charge in [0.1, 0.15) is 0 Å². The van der Waals surface area contributed by atoms with E-state index in [1.54, 1.807) is 54.6 Å². The summed E-state index contributed by atoms with van der Waals surface area (Å²) < 4.78 is 0.942. The van der Waals surface area contributed by atoms with Gasteiger partial charge in [-0.05, 0) is 71.1 Å². The molecule has 3 aromatic rings.